The highest BCUT2D eigenvalue weighted by Gasteiger charge is 2.13. The van der Waals surface area contributed by atoms with E-state index in [9.17, 15) is 4.79 Å². The molecule has 0 radical (unpaired) electrons. The van der Waals surface area contributed by atoms with Crippen molar-refractivity contribution in [1.29, 1.82) is 0 Å². The van der Waals surface area contributed by atoms with Gasteiger partial charge in [-0.15, -0.1) is 0 Å². The van der Waals surface area contributed by atoms with Gasteiger partial charge in [-0.25, -0.2) is 4.79 Å². The van der Waals surface area contributed by atoms with Crippen LogP contribution in [0.2, 0.25) is 0 Å². The van der Waals surface area contributed by atoms with Crippen molar-refractivity contribution in [2.24, 2.45) is 5.92 Å². The predicted octanol–water partition coefficient (Wildman–Crippen LogP) is 4.37. The molecule has 0 fully saturated rings. The van der Waals surface area contributed by atoms with E-state index in [1.165, 1.54) is 0 Å². The standard InChI is InChI=1S/C16H26N2O/c1-4-5-12-18(13-11-14(2)3)16(19)17-15-9-7-6-8-10-15/h6-10,14H,4-5,11-13H2,1-3H3,(H,17,19). The maximum absolute atomic E-state index is 12.2. The third kappa shape index (κ3) is 6.27. The Balaban J connectivity index is 2.54. The average molecular weight is 262 g/mol. The van der Waals surface area contributed by atoms with Gasteiger partial charge in [0.1, 0.15) is 0 Å². The van der Waals surface area contributed by atoms with Gasteiger partial charge < -0.3 is 10.2 Å². The SMILES string of the molecule is CCCCN(CCC(C)C)C(=O)Nc1ccccc1. The van der Waals surface area contributed by atoms with Gasteiger partial charge in [-0.3, -0.25) is 0 Å². The van der Waals surface area contributed by atoms with Crippen LogP contribution in [-0.4, -0.2) is 24.0 Å². The zero-order valence-electron chi connectivity index (χ0n) is 12.4. The fourth-order valence-electron chi connectivity index (χ4n) is 1.80. The van der Waals surface area contributed by atoms with E-state index >= 15 is 0 Å². The molecule has 106 valence electrons. The van der Waals surface area contributed by atoms with Gasteiger partial charge in [0.05, 0.1) is 0 Å². The molecule has 0 saturated carbocycles. The zero-order valence-corrected chi connectivity index (χ0v) is 12.4. The van der Waals surface area contributed by atoms with Gasteiger partial charge in [-0.2, -0.15) is 0 Å². The summed E-state index contributed by atoms with van der Waals surface area (Å²) in [6, 6.07) is 9.65. The summed E-state index contributed by atoms with van der Waals surface area (Å²) in [7, 11) is 0. The minimum Gasteiger partial charge on any atom is -0.325 e. The van der Waals surface area contributed by atoms with E-state index < -0.39 is 0 Å². The fraction of sp³-hybridized carbons (Fsp3) is 0.562. The van der Waals surface area contributed by atoms with Crippen molar-refractivity contribution in [2.75, 3.05) is 18.4 Å². The van der Waals surface area contributed by atoms with E-state index in [4.69, 9.17) is 0 Å². The molecule has 0 aliphatic heterocycles. The number of unbranched alkanes of at least 4 members (excludes halogenated alkanes) is 1. The van der Waals surface area contributed by atoms with Crippen LogP contribution in [0, 0.1) is 5.92 Å². The molecule has 2 amide bonds. The summed E-state index contributed by atoms with van der Waals surface area (Å²) in [4.78, 5) is 14.2. The molecule has 0 atom stereocenters. The Morgan fingerprint density at radius 2 is 1.89 bits per heavy atom. The van der Waals surface area contributed by atoms with Gasteiger partial charge >= 0.3 is 6.03 Å². The smallest absolute Gasteiger partial charge is 0.321 e. The first-order chi connectivity index (χ1) is 9.13. The van der Waals surface area contributed by atoms with E-state index in [0.29, 0.717) is 5.92 Å². The van der Waals surface area contributed by atoms with Crippen LogP contribution in [0.4, 0.5) is 10.5 Å². The fourth-order valence-corrected chi connectivity index (χ4v) is 1.80. The van der Waals surface area contributed by atoms with Gasteiger partial charge in [-0.05, 0) is 30.9 Å². The molecule has 0 unspecified atom stereocenters. The maximum Gasteiger partial charge on any atom is 0.321 e. The summed E-state index contributed by atoms with van der Waals surface area (Å²) >= 11 is 0. The second kappa shape index (κ2) is 8.57. The van der Waals surface area contributed by atoms with Crippen LogP contribution in [-0.2, 0) is 0 Å². The molecule has 1 rings (SSSR count). The van der Waals surface area contributed by atoms with Crippen LogP contribution in [0.5, 0.6) is 0 Å². The van der Waals surface area contributed by atoms with Gasteiger partial charge in [-0.1, -0.05) is 45.4 Å². The van der Waals surface area contributed by atoms with Crippen molar-refractivity contribution in [3.05, 3.63) is 30.3 Å². The highest BCUT2D eigenvalue weighted by molar-refractivity contribution is 5.89. The number of hydrogen-bond acceptors (Lipinski definition) is 1. The lowest BCUT2D eigenvalue weighted by Crippen LogP contribution is -2.37. The Morgan fingerprint density at radius 3 is 2.47 bits per heavy atom. The Kier molecular flexibility index (Phi) is 7.01. The van der Waals surface area contributed by atoms with Crippen LogP contribution in [0.15, 0.2) is 30.3 Å². The molecule has 0 heterocycles. The number of anilines is 1. The maximum atomic E-state index is 12.2. The molecule has 0 aromatic heterocycles. The lowest BCUT2D eigenvalue weighted by Gasteiger charge is -2.23. The molecule has 3 heteroatoms. The van der Waals surface area contributed by atoms with Crippen molar-refractivity contribution in [3.63, 3.8) is 0 Å². The Bertz CT molecular complexity index is 362. The van der Waals surface area contributed by atoms with Crippen LogP contribution in [0.3, 0.4) is 0 Å². The number of carbonyl (C=O) groups is 1. The van der Waals surface area contributed by atoms with E-state index in [2.05, 4.69) is 26.1 Å². The van der Waals surface area contributed by atoms with E-state index in [1.807, 2.05) is 35.2 Å². The van der Waals surface area contributed by atoms with Gasteiger partial charge in [0, 0.05) is 18.8 Å². The van der Waals surface area contributed by atoms with Crippen molar-refractivity contribution >= 4 is 11.7 Å². The van der Waals surface area contributed by atoms with Crippen molar-refractivity contribution in [2.45, 2.75) is 40.0 Å². The van der Waals surface area contributed by atoms with Crippen LogP contribution in [0.1, 0.15) is 40.0 Å². The molecular weight excluding hydrogens is 236 g/mol. The molecule has 0 aliphatic rings. The largest absolute Gasteiger partial charge is 0.325 e. The molecule has 0 saturated heterocycles. The summed E-state index contributed by atoms with van der Waals surface area (Å²) < 4.78 is 0. The van der Waals surface area contributed by atoms with Crippen LogP contribution in [0.25, 0.3) is 0 Å². The highest BCUT2D eigenvalue weighted by Crippen LogP contribution is 2.09. The minimum atomic E-state index is 0.0142. The number of carbonyl (C=O) groups excluding carboxylic acids is 1. The number of benzene rings is 1. The number of para-hydroxylation sites is 1. The first kappa shape index (κ1) is 15.5. The van der Waals surface area contributed by atoms with Gasteiger partial charge in [0.25, 0.3) is 0 Å². The normalized spacial score (nSPS) is 10.5. The van der Waals surface area contributed by atoms with Crippen molar-refractivity contribution < 1.29 is 4.79 Å². The summed E-state index contributed by atoms with van der Waals surface area (Å²) in [5, 5.41) is 2.96. The monoisotopic (exact) mass is 262 g/mol. The lowest BCUT2D eigenvalue weighted by molar-refractivity contribution is 0.207. The first-order valence-corrected chi connectivity index (χ1v) is 7.24. The molecule has 3 nitrogen and oxygen atoms in total. The highest BCUT2D eigenvalue weighted by atomic mass is 16.2. The Labute approximate surface area is 117 Å². The van der Waals surface area contributed by atoms with Crippen molar-refractivity contribution in [1.82, 2.24) is 4.90 Å². The third-order valence-corrected chi connectivity index (χ3v) is 3.07. The Hall–Kier alpha value is -1.51. The summed E-state index contributed by atoms with van der Waals surface area (Å²) in [6.07, 6.45) is 3.21. The number of hydrogen-bond donors (Lipinski definition) is 1. The second-order valence-electron chi connectivity index (χ2n) is 5.32. The second-order valence-corrected chi connectivity index (χ2v) is 5.32. The van der Waals surface area contributed by atoms with Crippen molar-refractivity contribution in [3.8, 4) is 0 Å². The lowest BCUT2D eigenvalue weighted by atomic mass is 10.1. The van der Waals surface area contributed by atoms with E-state index in [0.717, 1.165) is 38.0 Å². The molecule has 0 spiro atoms. The number of nitrogens with zero attached hydrogens (tertiary/aromatic N) is 1. The average Bonchev–Trinajstić information content (AvgIpc) is 2.39. The molecule has 19 heavy (non-hydrogen) atoms. The third-order valence-electron chi connectivity index (χ3n) is 3.07. The molecule has 1 aromatic rings. The minimum absolute atomic E-state index is 0.0142. The van der Waals surface area contributed by atoms with E-state index in [-0.39, 0.29) is 6.03 Å². The number of amides is 2. The topological polar surface area (TPSA) is 32.3 Å². The predicted molar refractivity (Wildman–Crippen MR) is 81.4 cm³/mol. The molecule has 0 bridgehead atoms. The van der Waals surface area contributed by atoms with Gasteiger partial charge in [0.2, 0.25) is 0 Å². The zero-order chi connectivity index (χ0) is 14.1. The summed E-state index contributed by atoms with van der Waals surface area (Å²) in [6.45, 7) is 8.19. The van der Waals surface area contributed by atoms with Crippen LogP contribution < -0.4 is 5.32 Å². The van der Waals surface area contributed by atoms with Gasteiger partial charge in [0.15, 0.2) is 0 Å². The molecular formula is C16H26N2O. The number of rotatable bonds is 7. The first-order valence-electron chi connectivity index (χ1n) is 7.24. The van der Waals surface area contributed by atoms with E-state index in [1.54, 1.807) is 0 Å². The molecule has 0 aliphatic carbocycles. The molecule has 1 N–H and O–H groups in total. The van der Waals surface area contributed by atoms with Crippen LogP contribution >= 0.6 is 0 Å². The molecule has 1 aromatic carbocycles. The summed E-state index contributed by atoms with van der Waals surface area (Å²) in [5.74, 6) is 0.619. The summed E-state index contributed by atoms with van der Waals surface area (Å²) in [5.41, 5.74) is 0.860. The number of urea groups is 1. The Morgan fingerprint density at radius 1 is 1.21 bits per heavy atom. The number of nitrogens with one attached hydrogen (secondary N) is 1. The quantitative estimate of drug-likeness (QED) is 0.777.